The maximum Gasteiger partial charge on any atom is 0.432 e. The van der Waals surface area contributed by atoms with Gasteiger partial charge in [-0.3, -0.25) is 0 Å². The third kappa shape index (κ3) is 7.00. The van der Waals surface area contributed by atoms with Crippen molar-refractivity contribution in [2.75, 3.05) is 19.8 Å². The largest absolute Gasteiger partial charge is 0.495 e. The molecule has 1 aliphatic rings. The van der Waals surface area contributed by atoms with Gasteiger partial charge in [-0.1, -0.05) is 18.2 Å². The van der Waals surface area contributed by atoms with Crippen LogP contribution in [0.2, 0.25) is 0 Å². The molecule has 0 spiro atoms. The SMILES string of the molecule is Cc1c(F)cc(-c2ccc(OC(F)(F)c3c(F)cc(C4=C/C=C/COCC(O)CO/C=C\4F)cc3F)cc2F)cc1F. The van der Waals surface area contributed by atoms with E-state index in [2.05, 4.69) is 4.74 Å². The quantitative estimate of drug-likeness (QED) is 0.307. The van der Waals surface area contributed by atoms with E-state index in [-0.39, 0.29) is 36.5 Å². The fraction of sp³-hybridized carbons (Fsp3) is 0.200. The second kappa shape index (κ2) is 12.8. The Bertz CT molecular complexity index is 1520. The molecule has 0 saturated heterocycles. The van der Waals surface area contributed by atoms with Gasteiger partial charge in [0.05, 0.1) is 13.2 Å². The van der Waals surface area contributed by atoms with Crippen molar-refractivity contribution in [2.24, 2.45) is 0 Å². The zero-order valence-electron chi connectivity index (χ0n) is 21.7. The fourth-order valence-electron chi connectivity index (χ4n) is 3.95. The second-order valence-corrected chi connectivity index (χ2v) is 9.14. The molecule has 1 heterocycles. The van der Waals surface area contributed by atoms with Gasteiger partial charge in [0.15, 0.2) is 5.83 Å². The van der Waals surface area contributed by atoms with Crippen LogP contribution in [0, 0.1) is 36.0 Å². The van der Waals surface area contributed by atoms with E-state index in [0.29, 0.717) is 24.5 Å². The Morgan fingerprint density at radius 3 is 2.12 bits per heavy atom. The van der Waals surface area contributed by atoms with Crippen molar-refractivity contribution in [3.63, 3.8) is 0 Å². The molecule has 1 N–H and O–H groups in total. The fourth-order valence-corrected chi connectivity index (χ4v) is 3.95. The topological polar surface area (TPSA) is 47.9 Å². The number of rotatable bonds is 5. The molecule has 0 radical (unpaired) electrons. The summed E-state index contributed by atoms with van der Waals surface area (Å²) in [4.78, 5) is 0. The molecular formula is C30H22F8O4. The van der Waals surface area contributed by atoms with Gasteiger partial charge in [0, 0.05) is 22.8 Å². The van der Waals surface area contributed by atoms with E-state index in [1.165, 1.54) is 19.1 Å². The van der Waals surface area contributed by atoms with E-state index in [1.54, 1.807) is 0 Å². The van der Waals surface area contributed by atoms with Crippen LogP contribution in [0.3, 0.4) is 0 Å². The Morgan fingerprint density at radius 1 is 0.833 bits per heavy atom. The van der Waals surface area contributed by atoms with Crippen LogP contribution in [0.1, 0.15) is 16.7 Å². The minimum atomic E-state index is -4.67. The predicted molar refractivity (Wildman–Crippen MR) is 136 cm³/mol. The summed E-state index contributed by atoms with van der Waals surface area (Å²) in [5.74, 6) is -8.68. The summed E-state index contributed by atoms with van der Waals surface area (Å²) in [5, 5.41) is 9.69. The van der Waals surface area contributed by atoms with E-state index in [4.69, 9.17) is 9.47 Å². The second-order valence-electron chi connectivity index (χ2n) is 9.14. The summed E-state index contributed by atoms with van der Waals surface area (Å²) < 4.78 is 132. The average molecular weight is 598 g/mol. The highest BCUT2D eigenvalue weighted by molar-refractivity contribution is 5.78. The molecule has 3 aromatic rings. The summed E-state index contributed by atoms with van der Waals surface area (Å²) in [6.07, 6.45) is -1.35. The molecule has 0 saturated carbocycles. The van der Waals surface area contributed by atoms with Gasteiger partial charge >= 0.3 is 6.11 Å². The Morgan fingerprint density at radius 2 is 1.48 bits per heavy atom. The van der Waals surface area contributed by atoms with Gasteiger partial charge in [-0.2, -0.15) is 8.78 Å². The van der Waals surface area contributed by atoms with Crippen LogP contribution < -0.4 is 4.74 Å². The molecule has 1 unspecified atom stereocenters. The monoisotopic (exact) mass is 598 g/mol. The molecule has 1 aliphatic heterocycles. The third-order valence-electron chi connectivity index (χ3n) is 6.08. The summed E-state index contributed by atoms with van der Waals surface area (Å²) in [6, 6.07) is 4.81. The van der Waals surface area contributed by atoms with E-state index in [0.717, 1.165) is 30.3 Å². The summed E-state index contributed by atoms with van der Waals surface area (Å²) >= 11 is 0. The number of alkyl halides is 2. The van der Waals surface area contributed by atoms with Crippen molar-refractivity contribution >= 4 is 5.57 Å². The zero-order valence-corrected chi connectivity index (χ0v) is 21.7. The Labute approximate surface area is 234 Å². The van der Waals surface area contributed by atoms with Crippen molar-refractivity contribution < 1.29 is 54.4 Å². The molecule has 0 amide bonds. The molecule has 4 rings (SSSR count). The molecule has 1 atom stereocenters. The number of aliphatic hydroxyl groups is 1. The first-order valence-corrected chi connectivity index (χ1v) is 12.3. The number of benzene rings is 3. The number of allylic oxidation sites excluding steroid dienone is 4. The molecule has 0 fully saturated rings. The maximum absolute atomic E-state index is 15.0. The minimum absolute atomic E-state index is 0.0117. The van der Waals surface area contributed by atoms with Crippen LogP contribution in [0.5, 0.6) is 5.75 Å². The lowest BCUT2D eigenvalue weighted by Crippen LogP contribution is -2.25. The van der Waals surface area contributed by atoms with Crippen LogP contribution in [-0.2, 0) is 15.6 Å². The summed E-state index contributed by atoms with van der Waals surface area (Å²) in [7, 11) is 0. The molecule has 12 heteroatoms. The van der Waals surface area contributed by atoms with Crippen molar-refractivity contribution in [1.82, 2.24) is 0 Å². The number of hydrogen-bond acceptors (Lipinski definition) is 4. The van der Waals surface area contributed by atoms with Gasteiger partial charge in [0.2, 0.25) is 0 Å². The lowest BCUT2D eigenvalue weighted by atomic mass is 10.0. The van der Waals surface area contributed by atoms with Crippen molar-refractivity contribution in [3.8, 4) is 16.9 Å². The molecular weight excluding hydrogens is 576 g/mol. The molecule has 0 aromatic heterocycles. The van der Waals surface area contributed by atoms with E-state index in [1.807, 2.05) is 0 Å². The van der Waals surface area contributed by atoms with Crippen LogP contribution in [0.15, 0.2) is 72.8 Å². The van der Waals surface area contributed by atoms with E-state index in [9.17, 15) is 40.2 Å². The van der Waals surface area contributed by atoms with Gasteiger partial charge in [0.1, 0.15) is 59.4 Å². The highest BCUT2D eigenvalue weighted by atomic mass is 19.3. The van der Waals surface area contributed by atoms with Gasteiger partial charge in [0.25, 0.3) is 0 Å². The summed E-state index contributed by atoms with van der Waals surface area (Å²) in [5.41, 5.74) is -3.60. The molecule has 3 aromatic carbocycles. The minimum Gasteiger partial charge on any atom is -0.495 e. The Balaban J connectivity index is 1.63. The molecule has 4 nitrogen and oxygen atoms in total. The Hall–Kier alpha value is -4.16. The predicted octanol–water partition coefficient (Wildman–Crippen LogP) is 7.64. The number of halogens is 8. The number of hydrogen-bond donors (Lipinski definition) is 1. The average Bonchev–Trinajstić information content (AvgIpc) is 2.89. The number of aliphatic hydroxyl groups excluding tert-OH is 1. The third-order valence-corrected chi connectivity index (χ3v) is 6.08. The molecule has 222 valence electrons. The van der Waals surface area contributed by atoms with Gasteiger partial charge in [-0.05, 0) is 54.4 Å². The van der Waals surface area contributed by atoms with Crippen LogP contribution in [-0.4, -0.2) is 31.0 Å². The van der Waals surface area contributed by atoms with Crippen molar-refractivity contribution in [1.29, 1.82) is 0 Å². The lowest BCUT2D eigenvalue weighted by molar-refractivity contribution is -0.189. The van der Waals surface area contributed by atoms with Crippen LogP contribution >= 0.6 is 0 Å². The molecule has 0 bridgehead atoms. The number of ether oxygens (including phenoxy) is 3. The highest BCUT2D eigenvalue weighted by Gasteiger charge is 2.41. The standard InChI is InChI=1S/C30H22F8O4/c1-16-23(31)8-17(9-24(16)32)22-6-5-20(12-25(22)33)42-30(37,38)29-26(34)10-18(11-27(29)35)21-4-2-3-7-40-13-19(39)14-41-15-28(21)36/h2-6,8-12,15,19,39H,7,13-14H2,1H3/b3-2+,21-4-,28-15+. The smallest absolute Gasteiger partial charge is 0.432 e. The van der Waals surface area contributed by atoms with Gasteiger partial charge in [-0.25, -0.2) is 26.3 Å². The zero-order chi connectivity index (χ0) is 30.6. The summed E-state index contributed by atoms with van der Waals surface area (Å²) in [6.45, 7) is 0.746. The first-order valence-electron chi connectivity index (χ1n) is 12.3. The van der Waals surface area contributed by atoms with Crippen LogP contribution in [0.4, 0.5) is 35.1 Å². The van der Waals surface area contributed by atoms with E-state index >= 15 is 0 Å². The molecule has 42 heavy (non-hydrogen) atoms. The Kier molecular flexibility index (Phi) is 9.37. The lowest BCUT2D eigenvalue weighted by Gasteiger charge is -2.20. The van der Waals surface area contributed by atoms with E-state index < -0.39 is 69.6 Å². The maximum atomic E-state index is 15.0. The van der Waals surface area contributed by atoms with Crippen molar-refractivity contribution in [2.45, 2.75) is 19.1 Å². The highest BCUT2D eigenvalue weighted by Crippen LogP contribution is 2.38. The molecule has 0 aliphatic carbocycles. The van der Waals surface area contributed by atoms with Crippen molar-refractivity contribution in [3.05, 3.63) is 119 Å². The normalized spacial score (nSPS) is 19.8. The first kappa shape index (κ1) is 30.8. The van der Waals surface area contributed by atoms with Gasteiger partial charge in [-0.15, -0.1) is 0 Å². The first-order chi connectivity index (χ1) is 19.9. The van der Waals surface area contributed by atoms with Crippen LogP contribution in [0.25, 0.3) is 16.7 Å². The van der Waals surface area contributed by atoms with Gasteiger partial charge < -0.3 is 19.3 Å².